The van der Waals surface area contributed by atoms with E-state index >= 15 is 0 Å². The summed E-state index contributed by atoms with van der Waals surface area (Å²) >= 11 is 0. The summed E-state index contributed by atoms with van der Waals surface area (Å²) in [5, 5.41) is 17.3. The highest BCUT2D eigenvalue weighted by Crippen LogP contribution is 2.37. The first-order chi connectivity index (χ1) is 17.2. The van der Waals surface area contributed by atoms with E-state index in [0.717, 1.165) is 50.9 Å². The summed E-state index contributed by atoms with van der Waals surface area (Å²) in [4.78, 5) is 30.7. The van der Waals surface area contributed by atoms with E-state index in [1.54, 1.807) is 12.3 Å². The molecule has 2 N–H and O–H groups in total. The molecular weight excluding hydrogens is 473 g/mol. The van der Waals surface area contributed by atoms with Crippen LogP contribution in [-0.2, 0) is 23.8 Å². The number of alkyl halides is 3. The van der Waals surface area contributed by atoms with Crippen LogP contribution in [0.1, 0.15) is 79.6 Å². The number of carbonyl (C=O) groups is 1. The number of H-pyrrole nitrogens is 1. The van der Waals surface area contributed by atoms with Crippen molar-refractivity contribution in [3.63, 3.8) is 0 Å². The Labute approximate surface area is 207 Å². The van der Waals surface area contributed by atoms with Crippen LogP contribution in [0.2, 0.25) is 0 Å². The summed E-state index contributed by atoms with van der Waals surface area (Å²) in [5.74, 6) is -0.248. The molecule has 1 aliphatic rings. The predicted octanol–water partition coefficient (Wildman–Crippen LogP) is 3.67. The van der Waals surface area contributed by atoms with Gasteiger partial charge in [-0.2, -0.15) is 23.5 Å². The highest BCUT2D eigenvalue weighted by Gasteiger charge is 2.41. The maximum Gasteiger partial charge on any atom is 0.422 e. The molecule has 0 radical (unpaired) electrons. The third kappa shape index (κ3) is 7.37. The Hall–Kier alpha value is -3.26. The predicted molar refractivity (Wildman–Crippen MR) is 127 cm³/mol. The van der Waals surface area contributed by atoms with Crippen LogP contribution in [0.3, 0.4) is 0 Å². The molecule has 3 rings (SSSR count). The number of aromatic nitrogens is 3. The number of carbonyl (C=O) groups excluding carboxylic acids is 1. The number of rotatable bonds is 12. The van der Waals surface area contributed by atoms with Crippen molar-refractivity contribution in [2.45, 2.75) is 70.5 Å². The summed E-state index contributed by atoms with van der Waals surface area (Å²) < 4.78 is 39.9. The van der Waals surface area contributed by atoms with Gasteiger partial charge in [0.1, 0.15) is 11.6 Å². The zero-order valence-electron chi connectivity index (χ0n) is 20.3. The molecule has 2 heterocycles. The lowest BCUT2D eigenvalue weighted by Crippen LogP contribution is -2.34. The van der Waals surface area contributed by atoms with Gasteiger partial charge in [-0.3, -0.25) is 14.6 Å². The largest absolute Gasteiger partial charge is 0.422 e. The number of fused-ring (bicyclic) bond motifs is 1. The Balaban J connectivity index is 1.43. The molecular formula is C25H31F3N6O2. The minimum Gasteiger partial charge on any atom is -0.348 e. The molecule has 8 nitrogen and oxygen atoms in total. The number of hydrogen-bond donors (Lipinski definition) is 2. The van der Waals surface area contributed by atoms with Crippen molar-refractivity contribution in [1.29, 1.82) is 5.26 Å². The van der Waals surface area contributed by atoms with Gasteiger partial charge in [-0.25, -0.2) is 5.10 Å². The molecule has 1 unspecified atom stereocenters. The first-order valence-corrected chi connectivity index (χ1v) is 12.3. The van der Waals surface area contributed by atoms with Crippen molar-refractivity contribution in [1.82, 2.24) is 25.4 Å². The highest BCUT2D eigenvalue weighted by molar-refractivity contribution is 5.76. The van der Waals surface area contributed by atoms with E-state index in [2.05, 4.69) is 33.3 Å². The Kier molecular flexibility index (Phi) is 9.58. The number of nitriles is 1. The van der Waals surface area contributed by atoms with Crippen LogP contribution in [0.4, 0.5) is 13.2 Å². The third-order valence-corrected chi connectivity index (χ3v) is 6.30. The second kappa shape index (κ2) is 12.6. The van der Waals surface area contributed by atoms with Crippen LogP contribution < -0.4 is 10.9 Å². The van der Waals surface area contributed by atoms with Gasteiger partial charge >= 0.3 is 6.18 Å². The molecule has 2 aromatic rings. The van der Waals surface area contributed by atoms with E-state index < -0.39 is 23.3 Å². The van der Waals surface area contributed by atoms with E-state index in [4.69, 9.17) is 5.26 Å². The molecule has 0 aliphatic heterocycles. The SMILES string of the molecule is CCCN(CCCCCc1ccc(C#N)cn1)CCC(=O)NC1CCc2c1n[nH]c(=O)c2C(F)(F)F. The van der Waals surface area contributed by atoms with Gasteiger partial charge in [-0.15, -0.1) is 0 Å². The Bertz CT molecular complexity index is 1120. The van der Waals surface area contributed by atoms with Gasteiger partial charge in [0.15, 0.2) is 0 Å². The van der Waals surface area contributed by atoms with Gasteiger partial charge in [-0.05, 0) is 69.3 Å². The molecule has 0 fully saturated rings. The van der Waals surface area contributed by atoms with Crippen LogP contribution in [0.5, 0.6) is 0 Å². The van der Waals surface area contributed by atoms with Crippen molar-refractivity contribution < 1.29 is 18.0 Å². The lowest BCUT2D eigenvalue weighted by molar-refractivity contribution is -0.139. The lowest BCUT2D eigenvalue weighted by Gasteiger charge is -2.22. The van der Waals surface area contributed by atoms with Gasteiger partial charge in [0, 0.05) is 24.9 Å². The number of nitrogens with zero attached hydrogens (tertiary/aromatic N) is 4. The Morgan fingerprint density at radius 2 is 2.06 bits per heavy atom. The van der Waals surface area contributed by atoms with E-state index in [9.17, 15) is 22.8 Å². The normalized spacial score (nSPS) is 15.1. The monoisotopic (exact) mass is 504 g/mol. The zero-order chi connectivity index (χ0) is 26.1. The first kappa shape index (κ1) is 27.3. The number of aryl methyl sites for hydroxylation is 1. The first-order valence-electron chi connectivity index (χ1n) is 12.3. The second-order valence-corrected chi connectivity index (χ2v) is 9.00. The molecule has 0 saturated heterocycles. The smallest absolute Gasteiger partial charge is 0.348 e. The van der Waals surface area contributed by atoms with Crippen LogP contribution in [0.25, 0.3) is 0 Å². The summed E-state index contributed by atoms with van der Waals surface area (Å²) in [7, 11) is 0. The van der Waals surface area contributed by atoms with E-state index in [1.807, 2.05) is 11.2 Å². The molecule has 0 saturated carbocycles. The van der Waals surface area contributed by atoms with Crippen molar-refractivity contribution in [2.75, 3.05) is 19.6 Å². The molecule has 11 heteroatoms. The number of amides is 1. The average Bonchev–Trinajstić information content (AvgIpc) is 3.23. The molecule has 194 valence electrons. The molecule has 0 bridgehead atoms. The quantitative estimate of drug-likeness (QED) is 0.426. The Morgan fingerprint density at radius 1 is 1.25 bits per heavy atom. The van der Waals surface area contributed by atoms with Gasteiger partial charge in [-0.1, -0.05) is 13.3 Å². The minimum atomic E-state index is -4.77. The number of pyridine rings is 1. The summed E-state index contributed by atoms with van der Waals surface area (Å²) in [6, 6.07) is 5.06. The molecule has 1 amide bonds. The van der Waals surface area contributed by atoms with Gasteiger partial charge in [0.05, 0.1) is 17.3 Å². The lowest BCUT2D eigenvalue weighted by atomic mass is 10.1. The standard InChI is InChI=1S/C25H31F3N6O2/c1-2-12-34(13-5-3-4-6-18-8-7-17(15-29)16-30-18)14-11-21(35)31-20-10-9-19-22(25(26,27)28)24(36)33-32-23(19)20/h7-8,16,20H,2-6,9-14H2,1H3,(H,31,35)(H,33,36). The van der Waals surface area contributed by atoms with E-state index in [1.165, 1.54) is 0 Å². The molecule has 2 aromatic heterocycles. The average molecular weight is 505 g/mol. The van der Waals surface area contributed by atoms with Crippen LogP contribution in [0, 0.1) is 11.3 Å². The van der Waals surface area contributed by atoms with Gasteiger partial charge in [0.2, 0.25) is 5.91 Å². The van der Waals surface area contributed by atoms with Crippen molar-refractivity contribution in [3.05, 3.63) is 56.8 Å². The molecule has 1 atom stereocenters. The van der Waals surface area contributed by atoms with Gasteiger partial charge < -0.3 is 10.2 Å². The van der Waals surface area contributed by atoms with Crippen LogP contribution >= 0.6 is 0 Å². The number of hydrogen-bond acceptors (Lipinski definition) is 6. The number of aromatic amines is 1. The number of halogens is 3. The zero-order valence-corrected chi connectivity index (χ0v) is 20.3. The van der Waals surface area contributed by atoms with Crippen LogP contribution in [0.15, 0.2) is 23.1 Å². The fraction of sp³-hybridized carbons (Fsp3) is 0.560. The molecule has 1 aliphatic carbocycles. The van der Waals surface area contributed by atoms with E-state index in [0.29, 0.717) is 12.1 Å². The third-order valence-electron chi connectivity index (χ3n) is 6.30. The highest BCUT2D eigenvalue weighted by atomic mass is 19.4. The Morgan fingerprint density at radius 3 is 2.72 bits per heavy atom. The number of nitrogens with one attached hydrogen (secondary N) is 2. The fourth-order valence-corrected chi connectivity index (χ4v) is 4.54. The number of unbranched alkanes of at least 4 members (excludes halogenated alkanes) is 2. The minimum absolute atomic E-state index is 0.0476. The summed E-state index contributed by atoms with van der Waals surface area (Å²) in [5.41, 5.74) is -0.986. The second-order valence-electron chi connectivity index (χ2n) is 9.00. The maximum absolute atomic E-state index is 13.3. The van der Waals surface area contributed by atoms with Crippen molar-refractivity contribution >= 4 is 5.91 Å². The molecule has 0 aromatic carbocycles. The fourth-order valence-electron chi connectivity index (χ4n) is 4.54. The molecule has 0 spiro atoms. The topological polar surface area (TPSA) is 115 Å². The van der Waals surface area contributed by atoms with Crippen LogP contribution in [-0.4, -0.2) is 45.6 Å². The maximum atomic E-state index is 13.3. The van der Waals surface area contributed by atoms with Gasteiger partial charge in [0.25, 0.3) is 5.56 Å². The molecule has 36 heavy (non-hydrogen) atoms. The summed E-state index contributed by atoms with van der Waals surface area (Å²) in [6.45, 7) is 4.34. The van der Waals surface area contributed by atoms with Crippen molar-refractivity contribution in [2.24, 2.45) is 0 Å². The summed E-state index contributed by atoms with van der Waals surface area (Å²) in [6.07, 6.45) is 2.14. The van der Waals surface area contributed by atoms with Crippen molar-refractivity contribution in [3.8, 4) is 6.07 Å². The van der Waals surface area contributed by atoms with E-state index in [-0.39, 0.29) is 36.4 Å².